The molecule has 1 aromatic rings. The molecule has 1 aromatic carbocycles. The SMILES string of the molecule is CC(=O)NCCNS(=O)(=O)c1ccc(C(C)=O)cc1. The topological polar surface area (TPSA) is 92.3 Å². The Hall–Kier alpha value is -1.73. The van der Waals surface area contributed by atoms with Crippen LogP contribution < -0.4 is 10.0 Å². The number of rotatable bonds is 6. The molecule has 0 heterocycles. The zero-order chi connectivity index (χ0) is 14.5. The minimum atomic E-state index is -3.61. The molecule has 0 aliphatic heterocycles. The highest BCUT2D eigenvalue weighted by Gasteiger charge is 2.13. The molecule has 1 rings (SSSR count). The Morgan fingerprint density at radius 2 is 1.63 bits per heavy atom. The van der Waals surface area contributed by atoms with Gasteiger partial charge in [0.05, 0.1) is 4.90 Å². The molecule has 104 valence electrons. The van der Waals surface area contributed by atoms with Gasteiger partial charge >= 0.3 is 0 Å². The lowest BCUT2D eigenvalue weighted by molar-refractivity contribution is -0.118. The van der Waals surface area contributed by atoms with E-state index < -0.39 is 10.0 Å². The lowest BCUT2D eigenvalue weighted by Gasteiger charge is -2.07. The van der Waals surface area contributed by atoms with Gasteiger partial charge in [0.1, 0.15) is 0 Å². The maximum atomic E-state index is 11.8. The number of Topliss-reactive ketones (excluding diaryl/α,β-unsaturated/α-hetero) is 1. The van der Waals surface area contributed by atoms with E-state index in [0.717, 1.165) is 0 Å². The van der Waals surface area contributed by atoms with Crippen LogP contribution >= 0.6 is 0 Å². The van der Waals surface area contributed by atoms with Gasteiger partial charge in [-0.15, -0.1) is 0 Å². The fraction of sp³-hybridized carbons (Fsp3) is 0.333. The summed E-state index contributed by atoms with van der Waals surface area (Å²) in [6.45, 7) is 3.10. The smallest absolute Gasteiger partial charge is 0.240 e. The number of carbonyl (C=O) groups excluding carboxylic acids is 2. The second-order valence-corrected chi connectivity index (χ2v) is 5.73. The molecule has 0 spiro atoms. The van der Waals surface area contributed by atoms with Crippen molar-refractivity contribution in [2.24, 2.45) is 0 Å². The molecule has 0 saturated carbocycles. The molecule has 7 heteroatoms. The van der Waals surface area contributed by atoms with E-state index in [-0.39, 0.29) is 29.7 Å². The number of amides is 1. The molecule has 0 fully saturated rings. The summed E-state index contributed by atoms with van der Waals surface area (Å²) >= 11 is 0. The average Bonchev–Trinajstić information content (AvgIpc) is 2.34. The van der Waals surface area contributed by atoms with Crippen LogP contribution in [0.2, 0.25) is 0 Å². The summed E-state index contributed by atoms with van der Waals surface area (Å²) in [7, 11) is -3.61. The van der Waals surface area contributed by atoms with Crippen LogP contribution in [0.1, 0.15) is 24.2 Å². The van der Waals surface area contributed by atoms with Crippen molar-refractivity contribution >= 4 is 21.7 Å². The minimum absolute atomic E-state index is 0.0836. The van der Waals surface area contributed by atoms with Crippen LogP contribution in [-0.4, -0.2) is 33.2 Å². The van der Waals surface area contributed by atoms with Crippen LogP contribution in [0, 0.1) is 0 Å². The Kier molecular flexibility index (Phi) is 5.20. The van der Waals surface area contributed by atoms with E-state index in [1.807, 2.05) is 0 Å². The van der Waals surface area contributed by atoms with Crippen LogP contribution in [0.15, 0.2) is 29.2 Å². The van der Waals surface area contributed by atoms with Gasteiger partial charge in [0.2, 0.25) is 15.9 Å². The molecule has 0 unspecified atom stereocenters. The Morgan fingerprint density at radius 3 is 2.11 bits per heavy atom. The Balaban J connectivity index is 2.66. The molecule has 19 heavy (non-hydrogen) atoms. The van der Waals surface area contributed by atoms with Gasteiger partial charge in [0.25, 0.3) is 0 Å². The van der Waals surface area contributed by atoms with Gasteiger partial charge in [-0.2, -0.15) is 0 Å². The van der Waals surface area contributed by atoms with E-state index in [4.69, 9.17) is 0 Å². The number of benzene rings is 1. The van der Waals surface area contributed by atoms with Gasteiger partial charge in [0.15, 0.2) is 5.78 Å². The molecule has 6 nitrogen and oxygen atoms in total. The summed E-state index contributed by atoms with van der Waals surface area (Å²) in [4.78, 5) is 21.8. The monoisotopic (exact) mass is 284 g/mol. The third-order valence-corrected chi connectivity index (χ3v) is 3.84. The van der Waals surface area contributed by atoms with E-state index in [2.05, 4.69) is 10.0 Å². The fourth-order valence-electron chi connectivity index (χ4n) is 1.38. The highest BCUT2D eigenvalue weighted by molar-refractivity contribution is 7.89. The number of ketones is 1. The Bertz CT molecular complexity index is 564. The van der Waals surface area contributed by atoms with Gasteiger partial charge in [-0.3, -0.25) is 9.59 Å². The molecule has 0 bridgehead atoms. The van der Waals surface area contributed by atoms with Gasteiger partial charge in [-0.05, 0) is 19.1 Å². The first-order chi connectivity index (χ1) is 8.83. The van der Waals surface area contributed by atoms with Crippen molar-refractivity contribution < 1.29 is 18.0 Å². The largest absolute Gasteiger partial charge is 0.355 e. The zero-order valence-electron chi connectivity index (χ0n) is 10.8. The lowest BCUT2D eigenvalue weighted by atomic mass is 10.2. The zero-order valence-corrected chi connectivity index (χ0v) is 11.6. The van der Waals surface area contributed by atoms with Crippen molar-refractivity contribution in [1.82, 2.24) is 10.0 Å². The van der Waals surface area contributed by atoms with Crippen molar-refractivity contribution in [3.8, 4) is 0 Å². The molecule has 0 aliphatic rings. The van der Waals surface area contributed by atoms with Crippen molar-refractivity contribution in [3.63, 3.8) is 0 Å². The van der Waals surface area contributed by atoms with Gasteiger partial charge in [-0.25, -0.2) is 13.1 Å². The average molecular weight is 284 g/mol. The first-order valence-electron chi connectivity index (χ1n) is 5.68. The third-order valence-electron chi connectivity index (χ3n) is 2.36. The summed E-state index contributed by atoms with van der Waals surface area (Å²) in [5, 5.41) is 2.48. The maximum absolute atomic E-state index is 11.8. The Morgan fingerprint density at radius 1 is 1.05 bits per heavy atom. The quantitative estimate of drug-likeness (QED) is 0.580. The van der Waals surface area contributed by atoms with Crippen LogP contribution in [0.3, 0.4) is 0 Å². The highest BCUT2D eigenvalue weighted by atomic mass is 32.2. The van der Waals surface area contributed by atoms with Crippen LogP contribution in [0.5, 0.6) is 0 Å². The molecule has 2 N–H and O–H groups in total. The lowest BCUT2D eigenvalue weighted by Crippen LogP contribution is -2.33. The molecule has 0 aliphatic carbocycles. The number of hydrogen-bond acceptors (Lipinski definition) is 4. The third kappa shape index (κ3) is 4.80. The van der Waals surface area contributed by atoms with E-state index in [1.165, 1.54) is 38.1 Å². The highest BCUT2D eigenvalue weighted by Crippen LogP contribution is 2.10. The van der Waals surface area contributed by atoms with Crippen LogP contribution in [0.25, 0.3) is 0 Å². The molecular weight excluding hydrogens is 268 g/mol. The summed E-state index contributed by atoms with van der Waals surface area (Å²) in [6, 6.07) is 5.67. The molecule has 0 atom stereocenters. The second kappa shape index (κ2) is 6.44. The van der Waals surface area contributed by atoms with E-state index in [1.54, 1.807) is 0 Å². The van der Waals surface area contributed by atoms with Crippen LogP contribution in [-0.2, 0) is 14.8 Å². The maximum Gasteiger partial charge on any atom is 0.240 e. The standard InChI is InChI=1S/C12H16N2O4S/c1-9(15)11-3-5-12(6-4-11)19(17,18)14-8-7-13-10(2)16/h3-6,14H,7-8H2,1-2H3,(H,13,16). The van der Waals surface area contributed by atoms with Gasteiger partial charge in [0, 0.05) is 25.6 Å². The molecule has 1 amide bonds. The Labute approximate surface area is 112 Å². The molecular formula is C12H16N2O4S. The first-order valence-corrected chi connectivity index (χ1v) is 7.16. The minimum Gasteiger partial charge on any atom is -0.355 e. The number of hydrogen-bond donors (Lipinski definition) is 2. The summed E-state index contributed by atoms with van der Waals surface area (Å²) in [5.41, 5.74) is 0.456. The van der Waals surface area contributed by atoms with Gasteiger partial charge < -0.3 is 5.32 Å². The summed E-state index contributed by atoms with van der Waals surface area (Å²) in [5.74, 6) is -0.340. The van der Waals surface area contributed by atoms with Crippen molar-refractivity contribution in [1.29, 1.82) is 0 Å². The predicted octanol–water partition coefficient (Wildman–Crippen LogP) is 0.304. The number of nitrogens with one attached hydrogen (secondary N) is 2. The normalized spacial score (nSPS) is 11.1. The predicted molar refractivity (Wildman–Crippen MR) is 70.3 cm³/mol. The summed E-state index contributed by atoms with van der Waals surface area (Å²) < 4.78 is 26.1. The second-order valence-electron chi connectivity index (χ2n) is 3.96. The molecule has 0 saturated heterocycles. The summed E-state index contributed by atoms with van der Waals surface area (Å²) in [6.07, 6.45) is 0. The van der Waals surface area contributed by atoms with E-state index in [9.17, 15) is 18.0 Å². The number of sulfonamides is 1. The van der Waals surface area contributed by atoms with Crippen molar-refractivity contribution in [3.05, 3.63) is 29.8 Å². The van der Waals surface area contributed by atoms with Crippen LogP contribution in [0.4, 0.5) is 0 Å². The van der Waals surface area contributed by atoms with E-state index in [0.29, 0.717) is 5.56 Å². The molecule has 0 radical (unpaired) electrons. The fourth-order valence-corrected chi connectivity index (χ4v) is 2.41. The van der Waals surface area contributed by atoms with E-state index >= 15 is 0 Å². The van der Waals surface area contributed by atoms with Crippen molar-refractivity contribution in [2.45, 2.75) is 18.7 Å². The number of carbonyl (C=O) groups is 2. The molecule has 0 aromatic heterocycles. The first kappa shape index (κ1) is 15.3. The van der Waals surface area contributed by atoms with Gasteiger partial charge in [-0.1, -0.05) is 12.1 Å². The van der Waals surface area contributed by atoms with Crippen molar-refractivity contribution in [2.75, 3.05) is 13.1 Å².